The van der Waals surface area contributed by atoms with E-state index in [9.17, 15) is 4.57 Å². The first kappa shape index (κ1) is 15.5. The van der Waals surface area contributed by atoms with Gasteiger partial charge in [-0.2, -0.15) is 0 Å². The normalized spacial score (nSPS) is 24.7. The van der Waals surface area contributed by atoms with Gasteiger partial charge in [0.05, 0.1) is 13.2 Å². The van der Waals surface area contributed by atoms with Crippen LogP contribution < -0.4 is 0 Å². The van der Waals surface area contributed by atoms with Gasteiger partial charge in [-0.3, -0.25) is 9.46 Å². The van der Waals surface area contributed by atoms with Crippen molar-refractivity contribution >= 4 is 7.60 Å². The summed E-state index contributed by atoms with van der Waals surface area (Å²) < 4.78 is 24.8. The second-order valence-electron chi connectivity index (χ2n) is 5.57. The third-order valence-electron chi connectivity index (χ3n) is 4.46. The lowest BCUT2D eigenvalue weighted by atomic mass is 9.93. The van der Waals surface area contributed by atoms with E-state index in [2.05, 4.69) is 4.90 Å². The third kappa shape index (κ3) is 2.92. The van der Waals surface area contributed by atoms with Gasteiger partial charge in [-0.15, -0.1) is 0 Å². The Balaban J connectivity index is 2.30. The summed E-state index contributed by atoms with van der Waals surface area (Å²) in [5.41, 5.74) is 0. The standard InChI is InChI=1S/C14H28NO3P/c1-3-17-19(16,18-4-2)14(10-6-5-7-11-14)15-12-8-9-13-15/h3-13H2,1-2H3. The Hall–Kier alpha value is 0.110. The molecule has 1 aliphatic carbocycles. The van der Waals surface area contributed by atoms with E-state index in [1.165, 1.54) is 19.3 Å². The van der Waals surface area contributed by atoms with Gasteiger partial charge in [-0.25, -0.2) is 0 Å². The molecule has 19 heavy (non-hydrogen) atoms. The number of rotatable bonds is 6. The van der Waals surface area contributed by atoms with Crippen LogP contribution in [0, 0.1) is 0 Å². The van der Waals surface area contributed by atoms with E-state index in [4.69, 9.17) is 9.05 Å². The maximum atomic E-state index is 13.4. The first-order valence-corrected chi connectivity index (χ1v) is 9.37. The third-order valence-corrected chi connectivity index (χ3v) is 7.40. The molecule has 1 aliphatic heterocycles. The summed E-state index contributed by atoms with van der Waals surface area (Å²) in [4.78, 5) is 2.41. The van der Waals surface area contributed by atoms with E-state index in [1.807, 2.05) is 13.8 Å². The Morgan fingerprint density at radius 1 is 0.947 bits per heavy atom. The molecule has 0 N–H and O–H groups in total. The van der Waals surface area contributed by atoms with Gasteiger partial charge in [0.1, 0.15) is 5.28 Å². The largest absolute Gasteiger partial charge is 0.350 e. The van der Waals surface area contributed by atoms with Gasteiger partial charge < -0.3 is 9.05 Å². The van der Waals surface area contributed by atoms with E-state index >= 15 is 0 Å². The smallest absolute Gasteiger partial charge is 0.308 e. The number of hydrogen-bond acceptors (Lipinski definition) is 4. The molecule has 0 aromatic carbocycles. The van der Waals surface area contributed by atoms with E-state index in [0.717, 1.165) is 38.8 Å². The molecule has 0 amide bonds. The zero-order valence-electron chi connectivity index (χ0n) is 12.4. The summed E-state index contributed by atoms with van der Waals surface area (Å²) in [6.45, 7) is 6.84. The molecule has 0 aromatic heterocycles. The second-order valence-corrected chi connectivity index (χ2v) is 7.91. The van der Waals surface area contributed by atoms with Crippen LogP contribution in [0.25, 0.3) is 0 Å². The summed E-state index contributed by atoms with van der Waals surface area (Å²) in [6.07, 6.45) is 7.86. The molecule has 1 heterocycles. The topological polar surface area (TPSA) is 38.8 Å². The van der Waals surface area contributed by atoms with Crippen molar-refractivity contribution in [3.05, 3.63) is 0 Å². The van der Waals surface area contributed by atoms with Crippen molar-refractivity contribution in [3.8, 4) is 0 Å². The lowest BCUT2D eigenvalue weighted by molar-refractivity contribution is 0.0894. The molecule has 112 valence electrons. The Labute approximate surface area is 117 Å². The lowest BCUT2D eigenvalue weighted by Gasteiger charge is -2.47. The monoisotopic (exact) mass is 289 g/mol. The molecule has 0 unspecified atom stereocenters. The lowest BCUT2D eigenvalue weighted by Crippen LogP contribution is -2.49. The molecule has 0 bridgehead atoms. The highest BCUT2D eigenvalue weighted by molar-refractivity contribution is 7.55. The zero-order valence-corrected chi connectivity index (χ0v) is 13.3. The van der Waals surface area contributed by atoms with Crippen LogP contribution in [0.4, 0.5) is 0 Å². The number of likely N-dealkylation sites (tertiary alicyclic amines) is 1. The molecule has 0 aromatic rings. The molecule has 0 atom stereocenters. The molecule has 5 heteroatoms. The Kier molecular flexibility index (Phi) is 5.47. The molecule has 1 saturated heterocycles. The van der Waals surface area contributed by atoms with E-state index in [0.29, 0.717) is 13.2 Å². The summed E-state index contributed by atoms with van der Waals surface area (Å²) in [7, 11) is -3.05. The quantitative estimate of drug-likeness (QED) is 0.693. The molecule has 2 rings (SSSR count). The van der Waals surface area contributed by atoms with Gasteiger partial charge in [0.25, 0.3) is 0 Å². The summed E-state index contributed by atoms with van der Waals surface area (Å²) >= 11 is 0. The van der Waals surface area contributed by atoms with Gasteiger partial charge in [-0.05, 0) is 52.6 Å². The first-order valence-electron chi connectivity index (χ1n) is 7.83. The Bertz CT molecular complexity index is 313. The van der Waals surface area contributed by atoms with Gasteiger partial charge in [0.2, 0.25) is 0 Å². The summed E-state index contributed by atoms with van der Waals surface area (Å²) in [5, 5.41) is -0.340. The van der Waals surface area contributed by atoms with Crippen molar-refractivity contribution in [1.29, 1.82) is 0 Å². The highest BCUT2D eigenvalue weighted by atomic mass is 31.2. The number of hydrogen-bond donors (Lipinski definition) is 0. The van der Waals surface area contributed by atoms with E-state index in [-0.39, 0.29) is 5.28 Å². The van der Waals surface area contributed by atoms with Gasteiger partial charge in [-0.1, -0.05) is 19.3 Å². The van der Waals surface area contributed by atoms with Crippen LogP contribution in [0.5, 0.6) is 0 Å². The first-order chi connectivity index (χ1) is 9.18. The predicted octanol–water partition coefficient (Wildman–Crippen LogP) is 4.01. The molecule has 0 spiro atoms. The minimum atomic E-state index is -3.05. The second kappa shape index (κ2) is 6.71. The van der Waals surface area contributed by atoms with Crippen molar-refractivity contribution in [2.75, 3.05) is 26.3 Å². The predicted molar refractivity (Wildman–Crippen MR) is 77.5 cm³/mol. The molecule has 1 saturated carbocycles. The van der Waals surface area contributed by atoms with E-state index in [1.54, 1.807) is 0 Å². The molecule has 2 aliphatic rings. The maximum absolute atomic E-state index is 13.4. The van der Waals surface area contributed by atoms with Gasteiger partial charge >= 0.3 is 7.60 Å². The van der Waals surface area contributed by atoms with Crippen molar-refractivity contribution in [1.82, 2.24) is 4.90 Å². The minimum absolute atomic E-state index is 0.340. The van der Waals surface area contributed by atoms with Gasteiger partial charge in [0.15, 0.2) is 0 Å². The Morgan fingerprint density at radius 3 is 1.95 bits per heavy atom. The van der Waals surface area contributed by atoms with Crippen LogP contribution in [-0.2, 0) is 13.6 Å². The molecule has 4 nitrogen and oxygen atoms in total. The highest BCUT2D eigenvalue weighted by Gasteiger charge is 2.55. The van der Waals surface area contributed by atoms with Crippen molar-refractivity contribution in [2.24, 2.45) is 0 Å². The molecular formula is C14H28NO3P. The fraction of sp³-hybridized carbons (Fsp3) is 1.00. The van der Waals surface area contributed by atoms with Crippen molar-refractivity contribution < 1.29 is 13.6 Å². The number of nitrogens with zero attached hydrogens (tertiary/aromatic N) is 1. The average Bonchev–Trinajstić information content (AvgIpc) is 2.94. The zero-order chi connectivity index (χ0) is 13.8. The van der Waals surface area contributed by atoms with Crippen LogP contribution in [0.2, 0.25) is 0 Å². The van der Waals surface area contributed by atoms with Crippen molar-refractivity contribution in [3.63, 3.8) is 0 Å². The summed E-state index contributed by atoms with van der Waals surface area (Å²) in [6, 6.07) is 0. The van der Waals surface area contributed by atoms with Gasteiger partial charge in [0, 0.05) is 0 Å². The fourth-order valence-electron chi connectivity index (χ4n) is 3.63. The van der Waals surface area contributed by atoms with Crippen LogP contribution in [0.15, 0.2) is 0 Å². The summed E-state index contributed by atoms with van der Waals surface area (Å²) in [5.74, 6) is 0. The fourth-order valence-corrected chi connectivity index (χ4v) is 6.28. The van der Waals surface area contributed by atoms with Crippen LogP contribution in [0.1, 0.15) is 58.8 Å². The Morgan fingerprint density at radius 2 is 1.47 bits per heavy atom. The minimum Gasteiger partial charge on any atom is -0.308 e. The SMILES string of the molecule is CCOP(=O)(OCC)C1(N2CCCC2)CCCCC1. The van der Waals surface area contributed by atoms with Crippen molar-refractivity contribution in [2.45, 2.75) is 64.1 Å². The van der Waals surface area contributed by atoms with E-state index < -0.39 is 7.60 Å². The molecule has 2 fully saturated rings. The average molecular weight is 289 g/mol. The van der Waals surface area contributed by atoms with Crippen LogP contribution in [0.3, 0.4) is 0 Å². The maximum Gasteiger partial charge on any atom is 0.350 e. The highest BCUT2D eigenvalue weighted by Crippen LogP contribution is 2.66. The molecule has 0 radical (unpaired) electrons. The van der Waals surface area contributed by atoms with Crippen LogP contribution >= 0.6 is 7.60 Å². The van der Waals surface area contributed by atoms with Crippen LogP contribution in [-0.4, -0.2) is 36.5 Å². The molecular weight excluding hydrogens is 261 g/mol.